The van der Waals surface area contributed by atoms with E-state index in [2.05, 4.69) is 5.32 Å². The second-order valence-electron chi connectivity index (χ2n) is 2.25. The summed E-state index contributed by atoms with van der Waals surface area (Å²) in [6.45, 7) is 2.05. The average Bonchev–Trinajstić information content (AvgIpc) is 2.06. The van der Waals surface area contributed by atoms with Gasteiger partial charge in [-0.2, -0.15) is 12.7 Å². The van der Waals surface area contributed by atoms with Crippen molar-refractivity contribution in [2.45, 2.75) is 0 Å². The molecule has 0 spiro atoms. The standard InChI is InChI=1S/C4H11N3O3S/c8-6-11(9,10)7-3-1-5-2-4-7/h5-6,8H,1-4H2. The average molecular weight is 181 g/mol. The molecule has 0 aliphatic carbocycles. The van der Waals surface area contributed by atoms with Crippen molar-refractivity contribution in [3.05, 3.63) is 0 Å². The molecule has 0 radical (unpaired) electrons. The lowest BCUT2D eigenvalue weighted by Crippen LogP contribution is -2.49. The van der Waals surface area contributed by atoms with Crippen LogP contribution in [0, 0.1) is 0 Å². The van der Waals surface area contributed by atoms with Crippen LogP contribution in [-0.4, -0.2) is 44.1 Å². The van der Waals surface area contributed by atoms with Crippen molar-refractivity contribution in [3.8, 4) is 0 Å². The summed E-state index contributed by atoms with van der Waals surface area (Å²) in [4.78, 5) is 1.28. The largest absolute Gasteiger partial charge is 0.314 e. The highest BCUT2D eigenvalue weighted by Gasteiger charge is 2.22. The number of rotatable bonds is 2. The van der Waals surface area contributed by atoms with E-state index in [1.54, 1.807) is 0 Å². The molecule has 1 aliphatic heterocycles. The van der Waals surface area contributed by atoms with Gasteiger partial charge >= 0.3 is 10.2 Å². The van der Waals surface area contributed by atoms with Crippen LogP contribution in [0.5, 0.6) is 0 Å². The molecule has 6 nitrogen and oxygen atoms in total. The highest BCUT2D eigenvalue weighted by atomic mass is 32.2. The molecule has 1 fully saturated rings. The third-order valence-corrected chi connectivity index (χ3v) is 2.81. The summed E-state index contributed by atoms with van der Waals surface area (Å²) < 4.78 is 23.0. The quantitative estimate of drug-likeness (QED) is 0.435. The van der Waals surface area contributed by atoms with Crippen LogP contribution < -0.4 is 10.2 Å². The van der Waals surface area contributed by atoms with E-state index in [-0.39, 0.29) is 0 Å². The minimum absolute atomic E-state index is 0.399. The van der Waals surface area contributed by atoms with Crippen molar-refractivity contribution < 1.29 is 13.6 Å². The molecule has 0 saturated carbocycles. The van der Waals surface area contributed by atoms with E-state index in [4.69, 9.17) is 5.21 Å². The Morgan fingerprint density at radius 3 is 2.36 bits per heavy atom. The first-order valence-electron chi connectivity index (χ1n) is 3.28. The molecule has 0 bridgehead atoms. The number of nitrogens with one attached hydrogen (secondary N) is 2. The van der Waals surface area contributed by atoms with Gasteiger partial charge in [-0.1, -0.05) is 4.89 Å². The molecule has 11 heavy (non-hydrogen) atoms. The molecule has 66 valence electrons. The Balaban J connectivity index is 2.58. The van der Waals surface area contributed by atoms with Gasteiger partial charge in [0.25, 0.3) is 0 Å². The van der Waals surface area contributed by atoms with Crippen LogP contribution in [0.4, 0.5) is 0 Å². The highest BCUT2D eigenvalue weighted by molar-refractivity contribution is 7.86. The Hall–Kier alpha value is -0.210. The van der Waals surface area contributed by atoms with Crippen molar-refractivity contribution in [1.29, 1.82) is 0 Å². The summed E-state index contributed by atoms with van der Waals surface area (Å²) in [5.74, 6) is 0. The fraction of sp³-hybridized carbons (Fsp3) is 1.00. The van der Waals surface area contributed by atoms with Gasteiger partial charge in [0.1, 0.15) is 0 Å². The molecule has 3 N–H and O–H groups in total. The Labute approximate surface area is 65.3 Å². The number of piperazine rings is 1. The van der Waals surface area contributed by atoms with Gasteiger partial charge in [0.15, 0.2) is 0 Å². The van der Waals surface area contributed by atoms with E-state index in [0.29, 0.717) is 26.2 Å². The van der Waals surface area contributed by atoms with Gasteiger partial charge in [-0.15, -0.1) is 0 Å². The van der Waals surface area contributed by atoms with Crippen LogP contribution in [0.25, 0.3) is 0 Å². The minimum Gasteiger partial charge on any atom is -0.314 e. The Morgan fingerprint density at radius 2 is 1.91 bits per heavy atom. The lowest BCUT2D eigenvalue weighted by Gasteiger charge is -2.25. The van der Waals surface area contributed by atoms with Crippen LogP contribution in [0.1, 0.15) is 0 Å². The SMILES string of the molecule is O=S(=O)(NO)N1CCNCC1. The monoisotopic (exact) mass is 181 g/mol. The predicted octanol–water partition coefficient (Wildman–Crippen LogP) is -1.88. The van der Waals surface area contributed by atoms with E-state index >= 15 is 0 Å². The molecule has 1 rings (SSSR count). The zero-order chi connectivity index (χ0) is 8.32. The molecular formula is C4H11N3O3S. The second-order valence-corrected chi connectivity index (χ2v) is 3.89. The third kappa shape index (κ3) is 2.11. The van der Waals surface area contributed by atoms with Crippen LogP contribution in [0.15, 0.2) is 0 Å². The predicted molar refractivity (Wildman–Crippen MR) is 38.3 cm³/mol. The van der Waals surface area contributed by atoms with E-state index in [9.17, 15) is 8.42 Å². The smallest absolute Gasteiger partial charge is 0.301 e. The molecule has 0 aromatic carbocycles. The van der Waals surface area contributed by atoms with Crippen LogP contribution in [0.2, 0.25) is 0 Å². The van der Waals surface area contributed by atoms with E-state index in [1.807, 2.05) is 0 Å². The molecular weight excluding hydrogens is 170 g/mol. The minimum atomic E-state index is -3.62. The third-order valence-electron chi connectivity index (χ3n) is 1.53. The highest BCUT2D eigenvalue weighted by Crippen LogP contribution is 1.97. The van der Waals surface area contributed by atoms with Gasteiger partial charge in [0.2, 0.25) is 0 Å². The van der Waals surface area contributed by atoms with E-state index in [0.717, 1.165) is 0 Å². The van der Waals surface area contributed by atoms with Crippen LogP contribution in [-0.2, 0) is 10.2 Å². The van der Waals surface area contributed by atoms with Gasteiger partial charge in [-0.25, -0.2) is 0 Å². The molecule has 0 aromatic rings. The number of nitrogens with zero attached hydrogens (tertiary/aromatic N) is 1. The van der Waals surface area contributed by atoms with Crippen molar-refractivity contribution in [1.82, 2.24) is 14.5 Å². The van der Waals surface area contributed by atoms with Crippen molar-refractivity contribution in [2.75, 3.05) is 26.2 Å². The first kappa shape index (κ1) is 8.88. The van der Waals surface area contributed by atoms with E-state index in [1.165, 1.54) is 9.19 Å². The molecule has 0 aromatic heterocycles. The second kappa shape index (κ2) is 3.46. The summed E-state index contributed by atoms with van der Waals surface area (Å²) in [7, 11) is -3.62. The maximum Gasteiger partial charge on any atom is 0.301 e. The number of hydrogen-bond acceptors (Lipinski definition) is 4. The molecule has 0 amide bonds. The molecule has 0 unspecified atom stereocenters. The lowest BCUT2D eigenvalue weighted by atomic mass is 10.4. The maximum atomic E-state index is 10.9. The first-order chi connectivity index (χ1) is 5.17. The summed E-state index contributed by atoms with van der Waals surface area (Å²) in [5, 5.41) is 11.2. The molecule has 0 atom stereocenters. The Bertz CT molecular complexity index is 209. The summed E-state index contributed by atoms with van der Waals surface area (Å²) in [6, 6.07) is 0. The fourth-order valence-electron chi connectivity index (χ4n) is 0.942. The van der Waals surface area contributed by atoms with Crippen molar-refractivity contribution in [3.63, 3.8) is 0 Å². The van der Waals surface area contributed by atoms with Gasteiger partial charge in [0, 0.05) is 26.2 Å². The summed E-state index contributed by atoms with van der Waals surface area (Å²) >= 11 is 0. The normalized spacial score (nSPS) is 21.9. The molecule has 7 heteroatoms. The van der Waals surface area contributed by atoms with Gasteiger partial charge in [0.05, 0.1) is 0 Å². The Kier molecular flexibility index (Phi) is 2.79. The molecule has 1 aliphatic rings. The molecule has 1 saturated heterocycles. The first-order valence-corrected chi connectivity index (χ1v) is 4.72. The summed E-state index contributed by atoms with van der Waals surface area (Å²) in [5.41, 5.74) is 0. The lowest BCUT2D eigenvalue weighted by molar-refractivity contribution is 0.223. The van der Waals surface area contributed by atoms with E-state index < -0.39 is 10.2 Å². The topological polar surface area (TPSA) is 81.7 Å². The summed E-state index contributed by atoms with van der Waals surface area (Å²) in [6.07, 6.45) is 0. The van der Waals surface area contributed by atoms with Gasteiger partial charge < -0.3 is 10.5 Å². The Morgan fingerprint density at radius 1 is 1.36 bits per heavy atom. The van der Waals surface area contributed by atoms with Gasteiger partial charge in [-0.3, -0.25) is 0 Å². The maximum absolute atomic E-state index is 10.9. The van der Waals surface area contributed by atoms with Crippen LogP contribution >= 0.6 is 0 Å². The number of hydrogen-bond donors (Lipinski definition) is 3. The van der Waals surface area contributed by atoms with Crippen molar-refractivity contribution >= 4 is 10.2 Å². The zero-order valence-electron chi connectivity index (χ0n) is 5.95. The van der Waals surface area contributed by atoms with Crippen molar-refractivity contribution in [2.24, 2.45) is 0 Å². The van der Waals surface area contributed by atoms with Gasteiger partial charge in [-0.05, 0) is 0 Å². The zero-order valence-corrected chi connectivity index (χ0v) is 6.76. The van der Waals surface area contributed by atoms with Crippen LogP contribution in [0.3, 0.4) is 0 Å². The molecule has 1 heterocycles. The fourth-order valence-corrected chi connectivity index (χ4v) is 1.72.